The number of hydrogen-bond donors (Lipinski definition) is 0. The Morgan fingerprint density at radius 2 is 2.00 bits per heavy atom. The average Bonchev–Trinajstić information content (AvgIpc) is 2.25. The van der Waals surface area contributed by atoms with Crippen molar-refractivity contribution in [2.24, 2.45) is 0 Å². The second-order valence-corrected chi connectivity index (χ2v) is 2.95. The molecule has 1 aromatic rings. The van der Waals surface area contributed by atoms with Crippen LogP contribution >= 0.6 is 0 Å². The summed E-state index contributed by atoms with van der Waals surface area (Å²) >= 11 is 0. The fourth-order valence-corrected chi connectivity index (χ4v) is 1.29. The van der Waals surface area contributed by atoms with Gasteiger partial charge in [0, 0.05) is 5.56 Å². The van der Waals surface area contributed by atoms with Gasteiger partial charge in [-0.2, -0.15) is 0 Å². The van der Waals surface area contributed by atoms with Gasteiger partial charge in [-0.3, -0.25) is 0 Å². The molecule has 2 heteroatoms. The van der Waals surface area contributed by atoms with E-state index in [2.05, 4.69) is 6.08 Å². The lowest BCUT2D eigenvalue weighted by molar-refractivity contribution is 0.399. The molecule has 0 amide bonds. The molecule has 2 nitrogen and oxygen atoms in total. The summed E-state index contributed by atoms with van der Waals surface area (Å²) in [6, 6.07) is 5.83. The zero-order valence-electron chi connectivity index (χ0n) is 8.91. The highest BCUT2D eigenvalue weighted by atomic mass is 16.5. The molecule has 1 rings (SSSR count). The van der Waals surface area contributed by atoms with Crippen LogP contribution in [-0.4, -0.2) is 14.2 Å². The van der Waals surface area contributed by atoms with E-state index in [-0.39, 0.29) is 0 Å². The third-order valence-electron chi connectivity index (χ3n) is 2.06. The molecule has 14 heavy (non-hydrogen) atoms. The van der Waals surface area contributed by atoms with Gasteiger partial charge >= 0.3 is 0 Å². The third-order valence-corrected chi connectivity index (χ3v) is 2.06. The number of allylic oxidation sites excluding steroid dienone is 2. The maximum absolute atomic E-state index is 5.25. The number of benzene rings is 1. The molecule has 0 saturated heterocycles. The molecule has 0 saturated carbocycles. The van der Waals surface area contributed by atoms with E-state index in [1.165, 1.54) is 0 Å². The van der Waals surface area contributed by atoms with Crippen molar-refractivity contribution >= 4 is 0 Å². The van der Waals surface area contributed by atoms with Crippen molar-refractivity contribution in [3.63, 3.8) is 0 Å². The molecule has 0 atom stereocenters. The summed E-state index contributed by atoms with van der Waals surface area (Å²) in [5.74, 6) is 1.77. The van der Waals surface area contributed by atoms with Gasteiger partial charge in [0.1, 0.15) is 11.5 Å². The lowest BCUT2D eigenvalue weighted by Gasteiger charge is -2.08. The van der Waals surface area contributed by atoms with Crippen LogP contribution in [0, 0.1) is 0 Å². The number of rotatable bonds is 4. The molecule has 0 radical (unpaired) electrons. The molecule has 0 aliphatic heterocycles. The minimum atomic E-state index is 0.866. The van der Waals surface area contributed by atoms with Crippen molar-refractivity contribution < 1.29 is 9.47 Å². The number of ether oxygens (including phenoxy) is 2. The van der Waals surface area contributed by atoms with Crippen LogP contribution in [0.2, 0.25) is 0 Å². The zero-order chi connectivity index (χ0) is 10.4. The highest BCUT2D eigenvalue weighted by molar-refractivity contribution is 5.41. The van der Waals surface area contributed by atoms with Gasteiger partial charge < -0.3 is 9.47 Å². The van der Waals surface area contributed by atoms with Crippen LogP contribution in [0.25, 0.3) is 0 Å². The van der Waals surface area contributed by atoms with Crippen molar-refractivity contribution in [1.29, 1.82) is 0 Å². The van der Waals surface area contributed by atoms with E-state index < -0.39 is 0 Å². The first-order valence-corrected chi connectivity index (χ1v) is 4.64. The van der Waals surface area contributed by atoms with Gasteiger partial charge in [0.2, 0.25) is 0 Å². The fraction of sp³-hybridized carbons (Fsp3) is 0.333. The fourth-order valence-electron chi connectivity index (χ4n) is 1.29. The topological polar surface area (TPSA) is 18.5 Å². The van der Waals surface area contributed by atoms with Gasteiger partial charge in [0.25, 0.3) is 0 Å². The monoisotopic (exact) mass is 192 g/mol. The van der Waals surface area contributed by atoms with Crippen molar-refractivity contribution in [3.05, 3.63) is 35.9 Å². The zero-order valence-corrected chi connectivity index (χ0v) is 8.91. The number of methoxy groups -OCH3 is 2. The van der Waals surface area contributed by atoms with Gasteiger partial charge in [-0.05, 0) is 31.5 Å². The Bertz CT molecular complexity index is 316. The van der Waals surface area contributed by atoms with Crippen molar-refractivity contribution in [2.45, 2.75) is 13.3 Å². The van der Waals surface area contributed by atoms with Gasteiger partial charge in [0.15, 0.2) is 0 Å². The summed E-state index contributed by atoms with van der Waals surface area (Å²) in [5.41, 5.74) is 1.14. The van der Waals surface area contributed by atoms with Crippen molar-refractivity contribution in [3.8, 4) is 11.5 Å². The van der Waals surface area contributed by atoms with Gasteiger partial charge in [-0.25, -0.2) is 0 Å². The maximum Gasteiger partial charge on any atom is 0.122 e. The van der Waals surface area contributed by atoms with E-state index in [1.54, 1.807) is 14.2 Å². The quantitative estimate of drug-likeness (QED) is 0.683. The van der Waals surface area contributed by atoms with E-state index >= 15 is 0 Å². The van der Waals surface area contributed by atoms with Crippen LogP contribution < -0.4 is 9.47 Å². The molecule has 0 aromatic heterocycles. The summed E-state index contributed by atoms with van der Waals surface area (Å²) in [6.45, 7) is 2.01. The Kier molecular flexibility index (Phi) is 4.05. The Morgan fingerprint density at radius 3 is 2.57 bits per heavy atom. The summed E-state index contributed by atoms with van der Waals surface area (Å²) < 4.78 is 10.4. The number of hydrogen-bond acceptors (Lipinski definition) is 2. The first-order valence-electron chi connectivity index (χ1n) is 4.64. The molecule has 0 bridgehead atoms. The van der Waals surface area contributed by atoms with Crippen LogP contribution in [0.1, 0.15) is 12.5 Å². The molecule has 0 fully saturated rings. The lowest BCUT2D eigenvalue weighted by Crippen LogP contribution is -1.92. The first-order chi connectivity index (χ1) is 6.81. The van der Waals surface area contributed by atoms with Crippen molar-refractivity contribution in [1.82, 2.24) is 0 Å². The minimum absolute atomic E-state index is 0.866. The summed E-state index contributed by atoms with van der Waals surface area (Å²) in [6.07, 6.45) is 4.99. The minimum Gasteiger partial charge on any atom is -0.497 e. The molecular formula is C12H16O2. The molecule has 1 aromatic carbocycles. The van der Waals surface area contributed by atoms with E-state index in [0.717, 1.165) is 23.5 Å². The second kappa shape index (κ2) is 5.32. The van der Waals surface area contributed by atoms with E-state index in [4.69, 9.17) is 9.47 Å². The van der Waals surface area contributed by atoms with Gasteiger partial charge in [-0.1, -0.05) is 12.2 Å². The van der Waals surface area contributed by atoms with Crippen LogP contribution in [0.15, 0.2) is 30.4 Å². The molecule has 0 heterocycles. The SMILES string of the molecule is C/C=C/Cc1cc(OC)ccc1OC. The first kappa shape index (κ1) is 10.6. The average molecular weight is 192 g/mol. The molecule has 0 spiro atoms. The molecule has 0 aliphatic carbocycles. The summed E-state index contributed by atoms with van der Waals surface area (Å²) in [5, 5.41) is 0. The maximum atomic E-state index is 5.25. The molecule has 0 unspecified atom stereocenters. The summed E-state index contributed by atoms with van der Waals surface area (Å²) in [4.78, 5) is 0. The highest BCUT2D eigenvalue weighted by Crippen LogP contribution is 2.24. The van der Waals surface area contributed by atoms with Crippen molar-refractivity contribution in [2.75, 3.05) is 14.2 Å². The predicted molar refractivity (Wildman–Crippen MR) is 58.1 cm³/mol. The Balaban J connectivity index is 2.95. The predicted octanol–water partition coefficient (Wildman–Crippen LogP) is 2.82. The standard InChI is InChI=1S/C12H16O2/c1-4-5-6-10-9-11(13-2)7-8-12(10)14-3/h4-5,7-9H,6H2,1-3H3/b5-4+. The van der Waals surface area contributed by atoms with E-state index in [0.29, 0.717) is 0 Å². The van der Waals surface area contributed by atoms with Crippen LogP contribution in [-0.2, 0) is 6.42 Å². The molecular weight excluding hydrogens is 176 g/mol. The van der Waals surface area contributed by atoms with Crippen LogP contribution in [0.4, 0.5) is 0 Å². The van der Waals surface area contributed by atoms with E-state index in [9.17, 15) is 0 Å². The van der Waals surface area contributed by atoms with E-state index in [1.807, 2.05) is 31.2 Å². The molecule has 0 N–H and O–H groups in total. The third kappa shape index (κ3) is 2.52. The normalized spacial score (nSPS) is 10.5. The van der Waals surface area contributed by atoms with Crippen LogP contribution in [0.5, 0.6) is 11.5 Å². The largest absolute Gasteiger partial charge is 0.497 e. The Hall–Kier alpha value is -1.44. The second-order valence-electron chi connectivity index (χ2n) is 2.95. The molecule has 0 aliphatic rings. The Labute approximate surface area is 85.2 Å². The smallest absolute Gasteiger partial charge is 0.122 e. The van der Waals surface area contributed by atoms with Crippen LogP contribution in [0.3, 0.4) is 0 Å². The summed E-state index contributed by atoms with van der Waals surface area (Å²) in [7, 11) is 3.35. The Morgan fingerprint density at radius 1 is 1.21 bits per heavy atom. The highest BCUT2D eigenvalue weighted by Gasteiger charge is 2.02. The molecule has 76 valence electrons. The van der Waals surface area contributed by atoms with Gasteiger partial charge in [-0.15, -0.1) is 0 Å². The van der Waals surface area contributed by atoms with Gasteiger partial charge in [0.05, 0.1) is 14.2 Å². The lowest BCUT2D eigenvalue weighted by atomic mass is 10.1.